The maximum Gasteiger partial charge on any atom is 0.00952 e. The summed E-state index contributed by atoms with van der Waals surface area (Å²) in [6.45, 7) is 9.69. The molecule has 0 bridgehead atoms. The van der Waals surface area contributed by atoms with E-state index in [0.717, 1.165) is 19.1 Å². The predicted octanol–water partition coefficient (Wildman–Crippen LogP) is 2.29. The van der Waals surface area contributed by atoms with E-state index in [1.165, 1.54) is 32.1 Å². The lowest BCUT2D eigenvalue weighted by atomic mass is 9.94. The summed E-state index contributed by atoms with van der Waals surface area (Å²) in [6, 6.07) is 0.791. The quantitative estimate of drug-likeness (QED) is 0.601. The Morgan fingerprint density at radius 3 is 2.00 bits per heavy atom. The van der Waals surface area contributed by atoms with Gasteiger partial charge in [-0.15, -0.1) is 0 Å². The molecule has 1 heteroatoms. The third-order valence-electron chi connectivity index (χ3n) is 2.67. The fraction of sp³-hybridized carbons (Fsp3) is 0.800. The topological polar surface area (TPSA) is 3.24 Å². The van der Waals surface area contributed by atoms with Crippen LogP contribution in [0.1, 0.15) is 32.1 Å². The van der Waals surface area contributed by atoms with Crippen LogP contribution in [0.15, 0.2) is 0 Å². The Morgan fingerprint density at radius 1 is 1.00 bits per heavy atom. The minimum atomic E-state index is 0.791. The summed E-state index contributed by atoms with van der Waals surface area (Å²) >= 11 is 0. The van der Waals surface area contributed by atoms with Crippen LogP contribution in [0.4, 0.5) is 0 Å². The second kappa shape index (κ2) is 4.76. The normalized spacial score (nSPS) is 21.0. The number of hydrogen-bond acceptors (Lipinski definition) is 1. The van der Waals surface area contributed by atoms with Gasteiger partial charge in [0.15, 0.2) is 0 Å². The molecule has 0 spiro atoms. The zero-order valence-electron chi connectivity index (χ0n) is 7.39. The highest BCUT2D eigenvalue weighted by atomic mass is 15.1. The van der Waals surface area contributed by atoms with E-state index in [-0.39, 0.29) is 0 Å². The Morgan fingerprint density at radius 2 is 1.55 bits per heavy atom. The van der Waals surface area contributed by atoms with Gasteiger partial charge in [0.1, 0.15) is 0 Å². The molecule has 1 aliphatic carbocycles. The van der Waals surface area contributed by atoms with Gasteiger partial charge in [0, 0.05) is 6.04 Å². The number of nitrogens with zero attached hydrogens (tertiary/aromatic N) is 1. The zero-order chi connectivity index (χ0) is 8.10. The molecule has 0 unspecified atom stereocenters. The summed E-state index contributed by atoms with van der Waals surface area (Å²) < 4.78 is 0. The van der Waals surface area contributed by atoms with Gasteiger partial charge < -0.3 is 4.90 Å². The average molecular weight is 153 g/mol. The van der Waals surface area contributed by atoms with Crippen molar-refractivity contribution in [3.8, 4) is 0 Å². The Kier molecular flexibility index (Phi) is 3.92. The van der Waals surface area contributed by atoms with Crippen LogP contribution in [-0.4, -0.2) is 24.0 Å². The number of hydrogen-bond donors (Lipinski definition) is 0. The maximum absolute atomic E-state index is 3.92. The van der Waals surface area contributed by atoms with Crippen molar-refractivity contribution in [2.75, 3.05) is 13.1 Å². The minimum Gasteiger partial charge on any atom is -0.300 e. The molecule has 1 aliphatic rings. The van der Waals surface area contributed by atoms with E-state index in [4.69, 9.17) is 0 Å². The van der Waals surface area contributed by atoms with E-state index >= 15 is 0 Å². The molecule has 1 saturated carbocycles. The van der Waals surface area contributed by atoms with Gasteiger partial charge in [-0.1, -0.05) is 19.3 Å². The van der Waals surface area contributed by atoms with Gasteiger partial charge in [0.25, 0.3) is 0 Å². The molecule has 0 aromatic heterocycles. The van der Waals surface area contributed by atoms with E-state index in [0.29, 0.717) is 0 Å². The summed E-state index contributed by atoms with van der Waals surface area (Å²) in [5.41, 5.74) is 0. The van der Waals surface area contributed by atoms with E-state index < -0.39 is 0 Å². The van der Waals surface area contributed by atoms with Crippen molar-refractivity contribution in [3.63, 3.8) is 0 Å². The molecule has 1 fully saturated rings. The largest absolute Gasteiger partial charge is 0.300 e. The monoisotopic (exact) mass is 153 g/mol. The van der Waals surface area contributed by atoms with Gasteiger partial charge in [-0.05, 0) is 39.8 Å². The van der Waals surface area contributed by atoms with Crippen LogP contribution in [0, 0.1) is 13.8 Å². The highest BCUT2D eigenvalue weighted by molar-refractivity contribution is 4.76. The molecule has 0 amide bonds. The van der Waals surface area contributed by atoms with E-state index in [1.807, 2.05) is 0 Å². The Hall–Kier alpha value is -0.0400. The van der Waals surface area contributed by atoms with Crippen molar-refractivity contribution in [3.05, 3.63) is 13.8 Å². The average Bonchev–Trinajstić information content (AvgIpc) is 2.09. The molecule has 0 heterocycles. The molecule has 1 nitrogen and oxygen atoms in total. The standard InChI is InChI=1S/C10H19N/c1-3-11(4-2)10-8-6-5-7-9-10/h10H,1-9H2. The van der Waals surface area contributed by atoms with Gasteiger partial charge >= 0.3 is 0 Å². The molecule has 11 heavy (non-hydrogen) atoms. The first-order valence-electron chi connectivity index (χ1n) is 4.71. The molecule has 0 saturated heterocycles. The van der Waals surface area contributed by atoms with Crippen molar-refractivity contribution in [1.82, 2.24) is 4.90 Å². The fourth-order valence-corrected chi connectivity index (χ4v) is 1.92. The highest BCUT2D eigenvalue weighted by Crippen LogP contribution is 2.21. The van der Waals surface area contributed by atoms with Crippen LogP contribution >= 0.6 is 0 Å². The molecular formula is C10H19N. The van der Waals surface area contributed by atoms with E-state index in [2.05, 4.69) is 18.7 Å². The molecule has 64 valence electrons. The third kappa shape index (κ3) is 2.48. The molecule has 2 radical (unpaired) electrons. The summed E-state index contributed by atoms with van der Waals surface area (Å²) in [7, 11) is 0. The van der Waals surface area contributed by atoms with Gasteiger partial charge in [0.2, 0.25) is 0 Å². The van der Waals surface area contributed by atoms with Gasteiger partial charge in [0.05, 0.1) is 0 Å². The van der Waals surface area contributed by atoms with Crippen molar-refractivity contribution in [2.45, 2.75) is 38.1 Å². The first kappa shape index (κ1) is 9.05. The van der Waals surface area contributed by atoms with Crippen LogP contribution in [0.2, 0.25) is 0 Å². The summed E-state index contributed by atoms with van der Waals surface area (Å²) in [6.07, 6.45) is 6.97. The molecule has 0 atom stereocenters. The first-order valence-corrected chi connectivity index (χ1v) is 4.71. The lowest BCUT2D eigenvalue weighted by Gasteiger charge is -2.32. The van der Waals surface area contributed by atoms with Crippen molar-refractivity contribution >= 4 is 0 Å². The minimum absolute atomic E-state index is 0.791. The molecule has 1 rings (SSSR count). The first-order chi connectivity index (χ1) is 5.38. The second-order valence-corrected chi connectivity index (χ2v) is 3.33. The third-order valence-corrected chi connectivity index (χ3v) is 2.67. The van der Waals surface area contributed by atoms with Crippen LogP contribution in [0.3, 0.4) is 0 Å². The van der Waals surface area contributed by atoms with Crippen LogP contribution < -0.4 is 0 Å². The Balaban J connectivity index is 2.30. The lowest BCUT2D eigenvalue weighted by molar-refractivity contribution is 0.188. The lowest BCUT2D eigenvalue weighted by Crippen LogP contribution is -2.36. The van der Waals surface area contributed by atoms with E-state index in [1.54, 1.807) is 0 Å². The molecular weight excluding hydrogens is 134 g/mol. The molecule has 0 aliphatic heterocycles. The summed E-state index contributed by atoms with van der Waals surface area (Å²) in [5, 5.41) is 0. The SMILES string of the molecule is [CH2]CN(C[CH2])C1CCCCC1. The highest BCUT2D eigenvalue weighted by Gasteiger charge is 2.17. The predicted molar refractivity (Wildman–Crippen MR) is 49.2 cm³/mol. The van der Waals surface area contributed by atoms with Crippen LogP contribution in [0.5, 0.6) is 0 Å². The van der Waals surface area contributed by atoms with Crippen molar-refractivity contribution in [2.24, 2.45) is 0 Å². The fourth-order valence-electron chi connectivity index (χ4n) is 1.92. The molecule has 0 aromatic rings. The Labute approximate surface area is 70.8 Å². The maximum atomic E-state index is 3.92. The van der Waals surface area contributed by atoms with E-state index in [9.17, 15) is 0 Å². The van der Waals surface area contributed by atoms with Gasteiger partial charge in [-0.2, -0.15) is 0 Å². The second-order valence-electron chi connectivity index (χ2n) is 3.33. The van der Waals surface area contributed by atoms with Crippen LogP contribution in [0.25, 0.3) is 0 Å². The van der Waals surface area contributed by atoms with Crippen molar-refractivity contribution < 1.29 is 0 Å². The summed E-state index contributed by atoms with van der Waals surface area (Å²) in [5.74, 6) is 0. The molecule has 0 N–H and O–H groups in total. The number of rotatable bonds is 3. The Bertz CT molecular complexity index is 91.0. The van der Waals surface area contributed by atoms with Gasteiger partial charge in [-0.3, -0.25) is 0 Å². The van der Waals surface area contributed by atoms with Gasteiger partial charge in [-0.25, -0.2) is 0 Å². The van der Waals surface area contributed by atoms with Crippen LogP contribution in [-0.2, 0) is 0 Å². The van der Waals surface area contributed by atoms with Crippen molar-refractivity contribution in [1.29, 1.82) is 0 Å². The molecule has 0 aromatic carbocycles. The smallest absolute Gasteiger partial charge is 0.00952 e. The summed E-state index contributed by atoms with van der Waals surface area (Å²) in [4.78, 5) is 2.39. The zero-order valence-corrected chi connectivity index (χ0v) is 7.39.